The van der Waals surface area contributed by atoms with Gasteiger partial charge in [0.2, 0.25) is 5.91 Å². The maximum Gasteiger partial charge on any atom is 0.251 e. The molecule has 0 heterocycles. The third-order valence-corrected chi connectivity index (χ3v) is 3.89. The number of hydrogen-bond acceptors (Lipinski definition) is 3. The standard InChI is InChI=1S/C19H22ClN3O2/c1-2-3-12-21-19(25)14-8-10-15(11-9-14)23-18(24)13-22-17-7-5-4-6-16(17)20/h4-11,22H,2-3,12-13H2,1H3,(H,21,25)(H,23,24). The normalized spacial score (nSPS) is 10.2. The smallest absolute Gasteiger partial charge is 0.251 e. The van der Waals surface area contributed by atoms with Gasteiger partial charge in [-0.1, -0.05) is 37.1 Å². The van der Waals surface area contributed by atoms with Crippen LogP contribution in [-0.4, -0.2) is 24.9 Å². The van der Waals surface area contributed by atoms with Gasteiger partial charge in [0.1, 0.15) is 0 Å². The van der Waals surface area contributed by atoms with E-state index in [1.165, 1.54) is 0 Å². The number of benzene rings is 2. The minimum atomic E-state index is -0.194. The number of anilines is 2. The average Bonchev–Trinajstić information content (AvgIpc) is 2.62. The first kappa shape index (κ1) is 18.8. The van der Waals surface area contributed by atoms with Crippen LogP contribution in [0.3, 0.4) is 0 Å². The van der Waals surface area contributed by atoms with Crippen LogP contribution in [0, 0.1) is 0 Å². The SMILES string of the molecule is CCCCNC(=O)c1ccc(NC(=O)CNc2ccccc2Cl)cc1. The van der Waals surface area contributed by atoms with Gasteiger partial charge in [-0.05, 0) is 42.8 Å². The van der Waals surface area contributed by atoms with Crippen molar-refractivity contribution >= 4 is 34.8 Å². The van der Waals surface area contributed by atoms with Crippen LogP contribution in [0.2, 0.25) is 5.02 Å². The van der Waals surface area contributed by atoms with E-state index in [4.69, 9.17) is 11.6 Å². The van der Waals surface area contributed by atoms with Gasteiger partial charge in [-0.25, -0.2) is 0 Å². The molecule has 0 aliphatic rings. The summed E-state index contributed by atoms with van der Waals surface area (Å²) in [5, 5.41) is 9.18. The molecule has 3 N–H and O–H groups in total. The summed E-state index contributed by atoms with van der Waals surface area (Å²) in [5.74, 6) is -0.299. The van der Waals surface area contributed by atoms with Gasteiger partial charge in [-0.15, -0.1) is 0 Å². The van der Waals surface area contributed by atoms with E-state index in [0.717, 1.165) is 12.8 Å². The summed E-state index contributed by atoms with van der Waals surface area (Å²) in [6.07, 6.45) is 1.99. The van der Waals surface area contributed by atoms with Crippen LogP contribution in [0.1, 0.15) is 30.1 Å². The van der Waals surface area contributed by atoms with Gasteiger partial charge >= 0.3 is 0 Å². The maximum atomic E-state index is 12.0. The van der Waals surface area contributed by atoms with Gasteiger partial charge in [0.15, 0.2) is 0 Å². The quantitative estimate of drug-likeness (QED) is 0.625. The van der Waals surface area contributed by atoms with E-state index in [1.54, 1.807) is 30.3 Å². The maximum absolute atomic E-state index is 12.0. The molecule has 2 aromatic rings. The predicted molar refractivity (Wildman–Crippen MR) is 102 cm³/mol. The van der Waals surface area contributed by atoms with Gasteiger partial charge in [-0.2, -0.15) is 0 Å². The molecule has 0 aromatic heterocycles. The summed E-state index contributed by atoms with van der Waals surface area (Å²) in [6, 6.07) is 14.0. The van der Waals surface area contributed by atoms with Gasteiger partial charge in [0.25, 0.3) is 5.91 Å². The number of para-hydroxylation sites is 1. The molecule has 0 radical (unpaired) electrons. The Labute approximate surface area is 152 Å². The van der Waals surface area contributed by atoms with E-state index < -0.39 is 0 Å². The summed E-state index contributed by atoms with van der Waals surface area (Å²) in [7, 11) is 0. The molecule has 0 saturated carbocycles. The van der Waals surface area contributed by atoms with Crippen LogP contribution in [0.5, 0.6) is 0 Å². The summed E-state index contributed by atoms with van der Waals surface area (Å²) >= 11 is 6.03. The van der Waals surface area contributed by atoms with Crippen molar-refractivity contribution in [1.82, 2.24) is 5.32 Å². The number of carbonyl (C=O) groups excluding carboxylic acids is 2. The van der Waals surface area contributed by atoms with Crippen molar-refractivity contribution in [2.24, 2.45) is 0 Å². The van der Waals surface area contributed by atoms with Crippen molar-refractivity contribution in [3.8, 4) is 0 Å². The van der Waals surface area contributed by atoms with Crippen LogP contribution in [0.25, 0.3) is 0 Å². The second kappa shape index (κ2) is 9.69. The summed E-state index contributed by atoms with van der Waals surface area (Å²) in [4.78, 5) is 23.9. The average molecular weight is 360 g/mol. The lowest BCUT2D eigenvalue weighted by atomic mass is 10.2. The number of amides is 2. The zero-order valence-electron chi connectivity index (χ0n) is 14.1. The molecular formula is C19H22ClN3O2. The van der Waals surface area contributed by atoms with Crippen LogP contribution < -0.4 is 16.0 Å². The number of nitrogens with one attached hydrogen (secondary N) is 3. The molecule has 0 atom stereocenters. The zero-order valence-corrected chi connectivity index (χ0v) is 14.9. The summed E-state index contributed by atoms with van der Waals surface area (Å²) in [6.45, 7) is 2.84. The minimum Gasteiger partial charge on any atom is -0.375 e. The fourth-order valence-corrected chi connectivity index (χ4v) is 2.37. The predicted octanol–water partition coefficient (Wildman–Crippen LogP) is 3.92. The van der Waals surface area contributed by atoms with E-state index in [1.807, 2.05) is 18.2 Å². The van der Waals surface area contributed by atoms with Crippen LogP contribution in [0.4, 0.5) is 11.4 Å². The number of rotatable bonds is 8. The third kappa shape index (κ3) is 6.12. The van der Waals surface area contributed by atoms with E-state index >= 15 is 0 Å². The van der Waals surface area contributed by atoms with E-state index in [0.29, 0.717) is 28.5 Å². The van der Waals surface area contributed by atoms with Crippen molar-refractivity contribution in [3.63, 3.8) is 0 Å². The number of carbonyl (C=O) groups is 2. The number of hydrogen-bond donors (Lipinski definition) is 3. The Morgan fingerprint density at radius 1 is 1.04 bits per heavy atom. The van der Waals surface area contributed by atoms with Crippen LogP contribution in [0.15, 0.2) is 48.5 Å². The van der Waals surface area contributed by atoms with Crippen molar-refractivity contribution in [1.29, 1.82) is 0 Å². The fraction of sp³-hybridized carbons (Fsp3) is 0.263. The van der Waals surface area contributed by atoms with Crippen molar-refractivity contribution in [2.75, 3.05) is 23.7 Å². The Bertz CT molecular complexity index is 717. The highest BCUT2D eigenvalue weighted by Crippen LogP contribution is 2.20. The molecule has 2 aromatic carbocycles. The Balaban J connectivity index is 1.83. The molecule has 5 nitrogen and oxygen atoms in total. The largest absolute Gasteiger partial charge is 0.375 e. The molecule has 0 saturated heterocycles. The molecule has 0 bridgehead atoms. The highest BCUT2D eigenvalue weighted by atomic mass is 35.5. The first-order valence-corrected chi connectivity index (χ1v) is 8.64. The topological polar surface area (TPSA) is 70.2 Å². The van der Waals surface area contributed by atoms with E-state index in [2.05, 4.69) is 22.9 Å². The molecule has 25 heavy (non-hydrogen) atoms. The third-order valence-electron chi connectivity index (χ3n) is 3.56. The first-order chi connectivity index (χ1) is 12.1. The Morgan fingerprint density at radius 3 is 2.44 bits per heavy atom. The van der Waals surface area contributed by atoms with Crippen LogP contribution in [-0.2, 0) is 4.79 Å². The Hall–Kier alpha value is -2.53. The monoisotopic (exact) mass is 359 g/mol. The highest BCUT2D eigenvalue weighted by Gasteiger charge is 2.07. The molecule has 0 spiro atoms. The van der Waals surface area contributed by atoms with Crippen molar-refractivity contribution < 1.29 is 9.59 Å². The van der Waals surface area contributed by atoms with Crippen LogP contribution >= 0.6 is 11.6 Å². The molecular weight excluding hydrogens is 338 g/mol. The number of unbranched alkanes of at least 4 members (excludes halogenated alkanes) is 1. The molecule has 0 aliphatic heterocycles. The molecule has 2 rings (SSSR count). The highest BCUT2D eigenvalue weighted by molar-refractivity contribution is 6.33. The lowest BCUT2D eigenvalue weighted by Gasteiger charge is -2.09. The first-order valence-electron chi connectivity index (χ1n) is 8.26. The summed E-state index contributed by atoms with van der Waals surface area (Å²) in [5.41, 5.74) is 1.91. The van der Waals surface area contributed by atoms with Crippen molar-refractivity contribution in [2.45, 2.75) is 19.8 Å². The molecule has 0 fully saturated rings. The van der Waals surface area contributed by atoms with Gasteiger partial charge in [0, 0.05) is 17.8 Å². The molecule has 0 unspecified atom stereocenters. The van der Waals surface area contributed by atoms with E-state index in [-0.39, 0.29) is 18.4 Å². The van der Waals surface area contributed by atoms with E-state index in [9.17, 15) is 9.59 Å². The molecule has 2 amide bonds. The summed E-state index contributed by atoms with van der Waals surface area (Å²) < 4.78 is 0. The molecule has 0 aliphatic carbocycles. The lowest BCUT2D eigenvalue weighted by molar-refractivity contribution is -0.114. The lowest BCUT2D eigenvalue weighted by Crippen LogP contribution is -2.24. The second-order valence-corrected chi connectivity index (χ2v) is 5.98. The van der Waals surface area contributed by atoms with Gasteiger partial charge in [-0.3, -0.25) is 9.59 Å². The Kier molecular flexibility index (Phi) is 7.29. The molecule has 132 valence electrons. The van der Waals surface area contributed by atoms with Crippen molar-refractivity contribution in [3.05, 3.63) is 59.1 Å². The minimum absolute atomic E-state index is 0.100. The number of halogens is 1. The molecule has 6 heteroatoms. The zero-order chi connectivity index (χ0) is 18.1. The Morgan fingerprint density at radius 2 is 1.76 bits per heavy atom. The van der Waals surface area contributed by atoms with Gasteiger partial charge < -0.3 is 16.0 Å². The fourth-order valence-electron chi connectivity index (χ4n) is 2.17. The second-order valence-electron chi connectivity index (χ2n) is 5.57. The van der Waals surface area contributed by atoms with Gasteiger partial charge in [0.05, 0.1) is 17.3 Å².